The highest BCUT2D eigenvalue weighted by molar-refractivity contribution is 7.85. The second kappa shape index (κ2) is 5.49. The third-order valence-electron chi connectivity index (χ3n) is 3.08. The molecule has 1 rings (SSSR count). The first-order chi connectivity index (χ1) is 7.33. The lowest BCUT2D eigenvalue weighted by molar-refractivity contribution is 0.225. The largest absolute Gasteiger partial charge is 0.437 e. The quantitative estimate of drug-likeness (QED) is 0.556. The van der Waals surface area contributed by atoms with Crippen molar-refractivity contribution >= 4 is 17.2 Å². The second-order valence-electron chi connectivity index (χ2n) is 4.48. The fraction of sp³-hybridized carbons (Fsp3) is 1.00. The van der Waals surface area contributed by atoms with Crippen LogP contribution in [0.1, 0.15) is 19.8 Å². The summed E-state index contributed by atoms with van der Waals surface area (Å²) in [5.74, 6) is 0.516. The zero-order chi connectivity index (χ0) is 12.3. The summed E-state index contributed by atoms with van der Waals surface area (Å²) in [6.45, 7) is 4.75. The van der Waals surface area contributed by atoms with Gasteiger partial charge in [-0.3, -0.25) is 4.18 Å². The van der Waals surface area contributed by atoms with Crippen LogP contribution in [-0.2, 0) is 14.3 Å². The molecule has 0 aromatic heterocycles. The van der Waals surface area contributed by atoms with Crippen LogP contribution in [0.5, 0.6) is 0 Å². The molecular weight excluding hydrogens is 229 g/mol. The van der Waals surface area contributed by atoms with Crippen molar-refractivity contribution in [3.05, 3.63) is 0 Å². The van der Waals surface area contributed by atoms with Crippen molar-refractivity contribution in [3.63, 3.8) is 0 Å². The number of nitrogens with zero attached hydrogens (tertiary/aromatic N) is 1. The van der Waals surface area contributed by atoms with Crippen LogP contribution >= 0.6 is 0 Å². The topological polar surface area (TPSA) is 66.8 Å². The lowest BCUT2D eigenvalue weighted by Crippen LogP contribution is -2.43. The molecule has 0 amide bonds. The molecule has 1 fully saturated rings. The molecule has 16 heavy (non-hydrogen) atoms. The van der Waals surface area contributed by atoms with E-state index in [-0.39, 0.29) is 12.6 Å². The fourth-order valence-electron chi connectivity index (χ4n) is 2.16. The van der Waals surface area contributed by atoms with Crippen LogP contribution < -0.4 is 0 Å². The normalized spacial score (nSPS) is 27.2. The van der Waals surface area contributed by atoms with Crippen LogP contribution in [0.2, 0.25) is 6.82 Å². The zero-order valence-corrected chi connectivity index (χ0v) is 10.9. The molecule has 5 nitrogen and oxygen atoms in total. The van der Waals surface area contributed by atoms with E-state index in [0.29, 0.717) is 5.92 Å². The lowest BCUT2D eigenvalue weighted by atomic mass is 9.84. The predicted molar refractivity (Wildman–Crippen MR) is 63.5 cm³/mol. The summed E-state index contributed by atoms with van der Waals surface area (Å²) in [5, 5.41) is 9.59. The van der Waals surface area contributed by atoms with Crippen molar-refractivity contribution in [1.82, 2.24) is 4.81 Å². The molecule has 1 saturated heterocycles. The van der Waals surface area contributed by atoms with Crippen molar-refractivity contribution in [2.45, 2.75) is 32.6 Å². The average molecular weight is 249 g/mol. The molecule has 2 atom stereocenters. The molecule has 0 aliphatic carbocycles. The molecule has 94 valence electrons. The maximum absolute atomic E-state index is 10.9. The van der Waals surface area contributed by atoms with Gasteiger partial charge in [-0.2, -0.15) is 8.42 Å². The van der Waals surface area contributed by atoms with Gasteiger partial charge in [0, 0.05) is 6.04 Å². The van der Waals surface area contributed by atoms with Crippen molar-refractivity contribution in [3.8, 4) is 0 Å². The standard InChI is InChI=1S/C9H20BNO4S/c1-4-8-5-9(7-15-16(3,13)14)11(6-8)10(2)12/h8-9,12H,4-7H2,1-3H3/t8-,9+/m1/s1. The van der Waals surface area contributed by atoms with E-state index < -0.39 is 17.2 Å². The Bertz CT molecular complexity index is 319. The third kappa shape index (κ3) is 4.05. The highest BCUT2D eigenvalue weighted by Crippen LogP contribution is 2.26. The van der Waals surface area contributed by atoms with Crippen LogP contribution in [0.4, 0.5) is 0 Å². The van der Waals surface area contributed by atoms with Gasteiger partial charge in [-0.05, 0) is 25.7 Å². The highest BCUT2D eigenvalue weighted by Gasteiger charge is 2.35. The van der Waals surface area contributed by atoms with E-state index in [2.05, 4.69) is 6.92 Å². The summed E-state index contributed by atoms with van der Waals surface area (Å²) in [4.78, 5) is 1.90. The molecule has 1 heterocycles. The Morgan fingerprint density at radius 3 is 2.62 bits per heavy atom. The molecule has 0 saturated carbocycles. The van der Waals surface area contributed by atoms with Gasteiger partial charge in [0.25, 0.3) is 10.1 Å². The first-order valence-corrected chi connectivity index (χ1v) is 7.43. The van der Waals surface area contributed by atoms with Crippen LogP contribution in [0, 0.1) is 5.92 Å². The van der Waals surface area contributed by atoms with Crippen LogP contribution in [0.3, 0.4) is 0 Å². The fourth-order valence-corrected chi connectivity index (χ4v) is 2.57. The van der Waals surface area contributed by atoms with E-state index >= 15 is 0 Å². The predicted octanol–water partition coefficient (Wildman–Crippen LogP) is 0.173. The monoisotopic (exact) mass is 249 g/mol. The Kier molecular flexibility index (Phi) is 4.79. The van der Waals surface area contributed by atoms with Gasteiger partial charge in [0.05, 0.1) is 12.9 Å². The van der Waals surface area contributed by atoms with Crippen molar-refractivity contribution in [2.75, 3.05) is 19.4 Å². The molecule has 0 aromatic rings. The van der Waals surface area contributed by atoms with E-state index in [9.17, 15) is 13.4 Å². The van der Waals surface area contributed by atoms with Gasteiger partial charge in [0.1, 0.15) is 0 Å². The van der Waals surface area contributed by atoms with Crippen molar-refractivity contribution < 1.29 is 17.6 Å². The Balaban J connectivity index is 2.56. The van der Waals surface area contributed by atoms with E-state index in [1.54, 1.807) is 6.82 Å². The first-order valence-electron chi connectivity index (χ1n) is 5.61. The summed E-state index contributed by atoms with van der Waals surface area (Å²) in [5.41, 5.74) is 0. The van der Waals surface area contributed by atoms with Gasteiger partial charge in [0.15, 0.2) is 0 Å². The van der Waals surface area contributed by atoms with Gasteiger partial charge < -0.3 is 9.83 Å². The van der Waals surface area contributed by atoms with Gasteiger partial charge in [-0.15, -0.1) is 0 Å². The molecule has 0 unspecified atom stereocenters. The number of hydrogen-bond donors (Lipinski definition) is 1. The van der Waals surface area contributed by atoms with Crippen molar-refractivity contribution in [2.24, 2.45) is 5.92 Å². The first kappa shape index (κ1) is 14.0. The van der Waals surface area contributed by atoms with Crippen LogP contribution in [-0.4, -0.2) is 50.8 Å². The summed E-state index contributed by atoms with van der Waals surface area (Å²) in [6, 6.07) is -0.000301. The summed E-state index contributed by atoms with van der Waals surface area (Å²) in [7, 11) is -3.94. The minimum absolute atomic E-state index is 0.000301. The van der Waals surface area contributed by atoms with E-state index in [0.717, 1.165) is 25.6 Å². The number of hydrogen-bond acceptors (Lipinski definition) is 5. The Morgan fingerprint density at radius 2 is 2.19 bits per heavy atom. The van der Waals surface area contributed by atoms with Gasteiger partial charge >= 0.3 is 7.05 Å². The smallest absolute Gasteiger partial charge is 0.376 e. The van der Waals surface area contributed by atoms with Crippen LogP contribution in [0.15, 0.2) is 0 Å². The highest BCUT2D eigenvalue weighted by atomic mass is 32.2. The van der Waals surface area contributed by atoms with Gasteiger partial charge in [-0.1, -0.05) is 13.3 Å². The molecule has 1 aliphatic rings. The molecule has 0 bridgehead atoms. The summed E-state index contributed by atoms with van der Waals surface area (Å²) < 4.78 is 26.6. The van der Waals surface area contributed by atoms with E-state index in [1.807, 2.05) is 4.81 Å². The minimum atomic E-state index is -3.39. The second-order valence-corrected chi connectivity index (χ2v) is 6.13. The van der Waals surface area contributed by atoms with Crippen LogP contribution in [0.25, 0.3) is 0 Å². The average Bonchev–Trinajstić information content (AvgIpc) is 2.56. The molecule has 7 heteroatoms. The zero-order valence-electron chi connectivity index (χ0n) is 10.1. The maximum atomic E-state index is 10.9. The SMILES string of the molecule is CC[C@@H]1C[C@@H](COS(C)(=O)=O)N(B(C)O)C1. The summed E-state index contributed by atoms with van der Waals surface area (Å²) >= 11 is 0. The third-order valence-corrected chi connectivity index (χ3v) is 3.64. The Labute approximate surface area is 98.0 Å². The number of rotatable bonds is 5. The molecule has 0 radical (unpaired) electrons. The lowest BCUT2D eigenvalue weighted by Gasteiger charge is -2.24. The van der Waals surface area contributed by atoms with Gasteiger partial charge in [-0.25, -0.2) is 0 Å². The Hall–Kier alpha value is -0.105. The Morgan fingerprint density at radius 1 is 1.56 bits per heavy atom. The molecule has 0 spiro atoms. The van der Waals surface area contributed by atoms with Gasteiger partial charge in [0.2, 0.25) is 0 Å². The van der Waals surface area contributed by atoms with Crippen molar-refractivity contribution in [1.29, 1.82) is 0 Å². The summed E-state index contributed by atoms with van der Waals surface area (Å²) in [6.07, 6.45) is 2.97. The maximum Gasteiger partial charge on any atom is 0.376 e. The van der Waals surface area contributed by atoms with E-state index in [1.165, 1.54) is 0 Å². The molecule has 1 aliphatic heterocycles. The molecule has 1 N–H and O–H groups in total. The van der Waals surface area contributed by atoms with E-state index in [4.69, 9.17) is 4.18 Å². The molecular formula is C9H20BNO4S. The molecule has 0 aromatic carbocycles. The minimum Gasteiger partial charge on any atom is -0.437 e.